The summed E-state index contributed by atoms with van der Waals surface area (Å²) in [5.74, 6) is 1.01. The number of rotatable bonds is 4. The molecule has 2 atom stereocenters. The average molecular weight is 371 g/mol. The second-order valence-electron chi connectivity index (χ2n) is 6.89. The van der Waals surface area contributed by atoms with E-state index in [1.54, 1.807) is 42.5 Å². The molecule has 2 aliphatic heterocycles. The van der Waals surface area contributed by atoms with E-state index in [-0.39, 0.29) is 10.8 Å². The van der Waals surface area contributed by atoms with Crippen LogP contribution in [0.4, 0.5) is 5.69 Å². The Hall–Kier alpha value is -2.38. The molecule has 2 aliphatic rings. The van der Waals surface area contributed by atoms with Crippen LogP contribution in [0.3, 0.4) is 0 Å². The molecule has 0 aliphatic carbocycles. The summed E-state index contributed by atoms with van der Waals surface area (Å²) in [4.78, 5) is 14.9. The second kappa shape index (κ2) is 6.74. The normalized spacial score (nSPS) is 22.2. The van der Waals surface area contributed by atoms with Crippen molar-refractivity contribution in [2.75, 3.05) is 30.9 Å². The smallest absolute Gasteiger partial charge is 0.261 e. The highest BCUT2D eigenvalue weighted by atomic mass is 32.2. The van der Waals surface area contributed by atoms with Gasteiger partial charge in [0.25, 0.3) is 15.9 Å². The Morgan fingerprint density at radius 3 is 2.38 bits per heavy atom. The van der Waals surface area contributed by atoms with E-state index in [1.807, 2.05) is 4.90 Å². The Morgan fingerprint density at radius 2 is 1.69 bits per heavy atom. The number of benzene rings is 2. The summed E-state index contributed by atoms with van der Waals surface area (Å²) in [7, 11) is -3.67. The van der Waals surface area contributed by atoms with Gasteiger partial charge >= 0.3 is 0 Å². The van der Waals surface area contributed by atoms with Gasteiger partial charge in [0.2, 0.25) is 0 Å². The number of carbonyl (C=O) groups excluding carboxylic acids is 1. The molecule has 136 valence electrons. The van der Waals surface area contributed by atoms with Gasteiger partial charge in [-0.05, 0) is 42.2 Å². The maximum absolute atomic E-state index is 12.8. The van der Waals surface area contributed by atoms with E-state index in [0.29, 0.717) is 23.1 Å². The van der Waals surface area contributed by atoms with Gasteiger partial charge in [0, 0.05) is 37.4 Å². The summed E-state index contributed by atoms with van der Waals surface area (Å²) in [5, 5.41) is 3.36. The fourth-order valence-electron chi connectivity index (χ4n) is 3.73. The minimum atomic E-state index is -3.67. The molecule has 7 heteroatoms. The van der Waals surface area contributed by atoms with Crippen LogP contribution in [0.25, 0.3) is 0 Å². The lowest BCUT2D eigenvalue weighted by Crippen LogP contribution is -2.31. The number of nitrogens with zero attached hydrogens (tertiary/aromatic N) is 1. The van der Waals surface area contributed by atoms with Crippen LogP contribution in [-0.2, 0) is 10.0 Å². The SMILES string of the molecule is O=C(c1cccc(NS(=O)(=O)c2ccccc2)c1)N1C[C@H]2CNC[C@H]2C1. The quantitative estimate of drug-likeness (QED) is 0.859. The van der Waals surface area contributed by atoms with Gasteiger partial charge in [-0.25, -0.2) is 8.42 Å². The Kier molecular flexibility index (Phi) is 4.42. The maximum atomic E-state index is 12.8. The predicted octanol–water partition coefficient (Wildman–Crippen LogP) is 1.78. The molecule has 0 aromatic heterocycles. The van der Waals surface area contributed by atoms with Gasteiger partial charge in [-0.2, -0.15) is 0 Å². The summed E-state index contributed by atoms with van der Waals surface area (Å²) in [6, 6.07) is 14.9. The lowest BCUT2D eigenvalue weighted by Gasteiger charge is -2.18. The topological polar surface area (TPSA) is 78.5 Å². The first-order valence-electron chi connectivity index (χ1n) is 8.71. The molecule has 0 saturated carbocycles. The van der Waals surface area contributed by atoms with Crippen LogP contribution >= 0.6 is 0 Å². The van der Waals surface area contributed by atoms with Crippen LogP contribution in [0.2, 0.25) is 0 Å². The van der Waals surface area contributed by atoms with Gasteiger partial charge in [0.1, 0.15) is 0 Å². The van der Waals surface area contributed by atoms with Gasteiger partial charge in [-0.3, -0.25) is 9.52 Å². The third-order valence-corrected chi connectivity index (χ3v) is 6.49. The third kappa shape index (κ3) is 3.32. The van der Waals surface area contributed by atoms with E-state index >= 15 is 0 Å². The molecule has 1 amide bonds. The lowest BCUT2D eigenvalue weighted by atomic mass is 10.0. The highest BCUT2D eigenvalue weighted by Crippen LogP contribution is 2.28. The van der Waals surface area contributed by atoms with E-state index in [1.165, 1.54) is 12.1 Å². The van der Waals surface area contributed by atoms with Gasteiger partial charge < -0.3 is 10.2 Å². The third-order valence-electron chi connectivity index (χ3n) is 5.09. The van der Waals surface area contributed by atoms with Gasteiger partial charge in [0.15, 0.2) is 0 Å². The number of likely N-dealkylation sites (tertiary alicyclic amines) is 1. The highest BCUT2D eigenvalue weighted by Gasteiger charge is 2.38. The number of hydrogen-bond acceptors (Lipinski definition) is 4. The summed E-state index contributed by atoms with van der Waals surface area (Å²) >= 11 is 0. The van der Waals surface area contributed by atoms with Gasteiger partial charge in [-0.1, -0.05) is 24.3 Å². The van der Waals surface area contributed by atoms with Crippen molar-refractivity contribution in [3.8, 4) is 0 Å². The van der Waals surface area contributed by atoms with Crippen molar-refractivity contribution >= 4 is 21.6 Å². The first kappa shape index (κ1) is 17.1. The van der Waals surface area contributed by atoms with E-state index in [2.05, 4.69) is 10.0 Å². The zero-order valence-electron chi connectivity index (χ0n) is 14.3. The minimum Gasteiger partial charge on any atom is -0.338 e. The molecule has 0 spiro atoms. The van der Waals surface area contributed by atoms with Crippen molar-refractivity contribution < 1.29 is 13.2 Å². The minimum absolute atomic E-state index is 0.0415. The Morgan fingerprint density at radius 1 is 1.00 bits per heavy atom. The van der Waals surface area contributed by atoms with Crippen LogP contribution in [0, 0.1) is 11.8 Å². The standard InChI is InChI=1S/C19H21N3O3S/c23-19(22-12-15-10-20-11-16(15)13-22)14-5-4-6-17(9-14)21-26(24,25)18-7-2-1-3-8-18/h1-9,15-16,20-21H,10-13H2/t15-,16+. The molecule has 2 saturated heterocycles. The largest absolute Gasteiger partial charge is 0.338 e. The molecule has 6 nitrogen and oxygen atoms in total. The van der Waals surface area contributed by atoms with Gasteiger partial charge in [-0.15, -0.1) is 0 Å². The van der Waals surface area contributed by atoms with Crippen LogP contribution < -0.4 is 10.0 Å². The number of carbonyl (C=O) groups is 1. The molecule has 26 heavy (non-hydrogen) atoms. The van der Waals surface area contributed by atoms with Crippen molar-refractivity contribution in [3.05, 3.63) is 60.2 Å². The molecule has 2 aromatic rings. The molecule has 2 aromatic carbocycles. The summed E-state index contributed by atoms with van der Waals surface area (Å²) in [5.41, 5.74) is 0.895. The number of anilines is 1. The van der Waals surface area contributed by atoms with E-state index in [4.69, 9.17) is 0 Å². The Labute approximate surface area is 153 Å². The number of hydrogen-bond donors (Lipinski definition) is 2. The fourth-order valence-corrected chi connectivity index (χ4v) is 4.80. The molecular weight excluding hydrogens is 350 g/mol. The monoisotopic (exact) mass is 371 g/mol. The zero-order chi connectivity index (χ0) is 18.1. The lowest BCUT2D eigenvalue weighted by molar-refractivity contribution is 0.0781. The summed E-state index contributed by atoms with van der Waals surface area (Å²) in [6.45, 7) is 3.45. The molecule has 2 heterocycles. The molecule has 0 radical (unpaired) electrons. The zero-order valence-corrected chi connectivity index (χ0v) is 15.1. The number of fused-ring (bicyclic) bond motifs is 1. The molecular formula is C19H21N3O3S. The highest BCUT2D eigenvalue weighted by molar-refractivity contribution is 7.92. The van der Waals surface area contributed by atoms with Crippen molar-refractivity contribution in [1.29, 1.82) is 0 Å². The summed E-state index contributed by atoms with van der Waals surface area (Å²) < 4.78 is 27.5. The number of sulfonamides is 1. The van der Waals surface area contributed by atoms with Crippen molar-refractivity contribution in [2.24, 2.45) is 11.8 Å². The average Bonchev–Trinajstić information content (AvgIpc) is 3.24. The second-order valence-corrected chi connectivity index (χ2v) is 8.57. The van der Waals surface area contributed by atoms with Crippen LogP contribution in [-0.4, -0.2) is 45.4 Å². The summed E-state index contributed by atoms with van der Waals surface area (Å²) in [6.07, 6.45) is 0. The molecule has 0 bridgehead atoms. The van der Waals surface area contributed by atoms with Crippen LogP contribution in [0.15, 0.2) is 59.5 Å². The first-order valence-corrected chi connectivity index (χ1v) is 10.2. The predicted molar refractivity (Wildman–Crippen MR) is 99.4 cm³/mol. The van der Waals surface area contributed by atoms with Gasteiger partial charge in [0.05, 0.1) is 4.90 Å². The van der Waals surface area contributed by atoms with Crippen molar-refractivity contribution in [3.63, 3.8) is 0 Å². The molecule has 0 unspecified atom stereocenters. The Bertz CT molecular complexity index is 903. The van der Waals surface area contributed by atoms with Crippen molar-refractivity contribution in [2.45, 2.75) is 4.90 Å². The maximum Gasteiger partial charge on any atom is 0.261 e. The number of amides is 1. The Balaban J connectivity index is 1.51. The number of nitrogens with one attached hydrogen (secondary N) is 2. The van der Waals surface area contributed by atoms with E-state index < -0.39 is 10.0 Å². The van der Waals surface area contributed by atoms with Crippen LogP contribution in [0.5, 0.6) is 0 Å². The van der Waals surface area contributed by atoms with Crippen molar-refractivity contribution in [1.82, 2.24) is 10.2 Å². The molecule has 2 fully saturated rings. The molecule has 2 N–H and O–H groups in total. The van der Waals surface area contributed by atoms with Crippen LogP contribution in [0.1, 0.15) is 10.4 Å². The van der Waals surface area contributed by atoms with E-state index in [0.717, 1.165) is 26.2 Å². The van der Waals surface area contributed by atoms with E-state index in [9.17, 15) is 13.2 Å². The molecule has 4 rings (SSSR count). The fraction of sp³-hybridized carbons (Fsp3) is 0.316. The first-order chi connectivity index (χ1) is 12.5.